The zero-order chi connectivity index (χ0) is 16.0. The summed E-state index contributed by atoms with van der Waals surface area (Å²) in [5.74, 6) is -0.966. The number of hydrogen-bond acceptors (Lipinski definition) is 6. The number of alkyl halides is 2. The lowest BCUT2D eigenvalue weighted by atomic mass is 10.3. The molecule has 1 heterocycles. The van der Waals surface area contributed by atoms with Gasteiger partial charge in [-0.1, -0.05) is 5.21 Å². The summed E-state index contributed by atoms with van der Waals surface area (Å²) in [5.41, 5.74) is -1.21. The minimum atomic E-state index is -2.96. The van der Waals surface area contributed by atoms with Gasteiger partial charge in [-0.05, 0) is 20.8 Å². The van der Waals surface area contributed by atoms with Crippen molar-refractivity contribution in [3.05, 3.63) is 11.4 Å². The highest BCUT2D eigenvalue weighted by Gasteiger charge is 2.28. The number of ether oxygens (including phenoxy) is 2. The van der Waals surface area contributed by atoms with E-state index in [-0.39, 0.29) is 25.9 Å². The maximum Gasteiger partial charge on any atom is 0.361 e. The first-order chi connectivity index (χ1) is 9.86. The number of aromatic nitrogens is 3. The summed E-state index contributed by atoms with van der Waals surface area (Å²) >= 11 is 0. The standard InChI is InChI=1S/C12H19F2N3O4/c1-4-20-12(19)9-10(11(13)14)17(16-15-9)5-8(18)6-21-7(2)3/h7-8,11,18H,4-6H2,1-3H3. The fraction of sp³-hybridized carbons (Fsp3) is 0.750. The van der Waals surface area contributed by atoms with Crippen molar-refractivity contribution in [1.82, 2.24) is 15.0 Å². The number of nitrogens with zero attached hydrogens (tertiary/aromatic N) is 3. The molecule has 21 heavy (non-hydrogen) atoms. The molecule has 0 aliphatic carbocycles. The van der Waals surface area contributed by atoms with Crippen LogP contribution >= 0.6 is 0 Å². The molecule has 0 saturated heterocycles. The second-order valence-corrected chi connectivity index (χ2v) is 4.56. The lowest BCUT2D eigenvalue weighted by molar-refractivity contribution is -0.00375. The van der Waals surface area contributed by atoms with Crippen LogP contribution in [0.25, 0.3) is 0 Å². The molecule has 0 bridgehead atoms. The molecule has 1 unspecified atom stereocenters. The van der Waals surface area contributed by atoms with E-state index in [1.807, 2.05) is 0 Å². The Hall–Kier alpha value is -1.61. The largest absolute Gasteiger partial charge is 0.461 e. The van der Waals surface area contributed by atoms with Crippen molar-refractivity contribution in [2.75, 3.05) is 13.2 Å². The molecule has 0 aromatic carbocycles. The van der Waals surface area contributed by atoms with Crippen molar-refractivity contribution in [3.8, 4) is 0 Å². The first-order valence-electron chi connectivity index (χ1n) is 6.55. The lowest BCUT2D eigenvalue weighted by Gasteiger charge is -2.14. The van der Waals surface area contributed by atoms with Gasteiger partial charge < -0.3 is 14.6 Å². The zero-order valence-corrected chi connectivity index (χ0v) is 12.1. The minimum absolute atomic E-state index is 0.0328. The van der Waals surface area contributed by atoms with E-state index in [0.29, 0.717) is 0 Å². The van der Waals surface area contributed by atoms with E-state index in [4.69, 9.17) is 4.74 Å². The smallest absolute Gasteiger partial charge is 0.361 e. The Kier molecular flexibility index (Phi) is 6.63. The molecular weight excluding hydrogens is 288 g/mol. The summed E-state index contributed by atoms with van der Waals surface area (Å²) < 4.78 is 36.7. The van der Waals surface area contributed by atoms with Gasteiger partial charge in [0.2, 0.25) is 0 Å². The fourth-order valence-electron chi connectivity index (χ4n) is 1.57. The van der Waals surface area contributed by atoms with Crippen LogP contribution < -0.4 is 0 Å². The third-order valence-electron chi connectivity index (χ3n) is 2.45. The molecule has 0 spiro atoms. The molecule has 1 rings (SSSR count). The van der Waals surface area contributed by atoms with Crippen molar-refractivity contribution in [2.24, 2.45) is 0 Å². The van der Waals surface area contributed by atoms with Crippen LogP contribution in [0.2, 0.25) is 0 Å². The Bertz CT molecular complexity index is 465. The molecule has 0 fully saturated rings. The number of carbonyl (C=O) groups excluding carboxylic acids is 1. The minimum Gasteiger partial charge on any atom is -0.461 e. The predicted octanol–water partition coefficient (Wildman–Crippen LogP) is 1.18. The quantitative estimate of drug-likeness (QED) is 0.726. The second kappa shape index (κ2) is 7.99. The van der Waals surface area contributed by atoms with Gasteiger partial charge in [0.15, 0.2) is 5.69 Å². The molecule has 120 valence electrons. The third kappa shape index (κ3) is 5.01. The first kappa shape index (κ1) is 17.4. The summed E-state index contributed by atoms with van der Waals surface area (Å²) in [5, 5.41) is 16.6. The normalized spacial score (nSPS) is 13.0. The number of carbonyl (C=O) groups is 1. The van der Waals surface area contributed by atoms with E-state index >= 15 is 0 Å². The SMILES string of the molecule is CCOC(=O)c1nnn(CC(O)COC(C)C)c1C(F)F. The summed E-state index contributed by atoms with van der Waals surface area (Å²) in [6.07, 6.45) is -4.10. The topological polar surface area (TPSA) is 86.5 Å². The second-order valence-electron chi connectivity index (χ2n) is 4.56. The van der Waals surface area contributed by atoms with E-state index in [1.54, 1.807) is 20.8 Å². The van der Waals surface area contributed by atoms with Gasteiger partial charge in [0.25, 0.3) is 6.43 Å². The molecule has 0 aliphatic rings. The molecule has 7 nitrogen and oxygen atoms in total. The molecule has 0 radical (unpaired) electrons. The molecular formula is C12H19F2N3O4. The summed E-state index contributed by atoms with van der Waals surface area (Å²) in [4.78, 5) is 11.5. The van der Waals surface area contributed by atoms with Gasteiger partial charge >= 0.3 is 5.97 Å². The van der Waals surface area contributed by atoms with Crippen LogP contribution in [0.1, 0.15) is 43.4 Å². The van der Waals surface area contributed by atoms with Crippen molar-refractivity contribution in [1.29, 1.82) is 0 Å². The van der Waals surface area contributed by atoms with Crippen molar-refractivity contribution < 1.29 is 28.2 Å². The Labute approximate surface area is 120 Å². The Balaban J connectivity index is 2.85. The average Bonchev–Trinajstić information content (AvgIpc) is 2.80. The summed E-state index contributed by atoms with van der Waals surface area (Å²) in [6, 6.07) is 0. The Morgan fingerprint density at radius 2 is 2.10 bits per heavy atom. The van der Waals surface area contributed by atoms with E-state index in [0.717, 1.165) is 4.68 Å². The maximum absolute atomic E-state index is 13.1. The van der Waals surface area contributed by atoms with Crippen molar-refractivity contribution >= 4 is 5.97 Å². The van der Waals surface area contributed by atoms with Gasteiger partial charge in [0, 0.05) is 0 Å². The molecule has 0 saturated carbocycles. The van der Waals surface area contributed by atoms with E-state index in [1.165, 1.54) is 0 Å². The Morgan fingerprint density at radius 3 is 2.62 bits per heavy atom. The van der Waals surface area contributed by atoms with Crippen molar-refractivity contribution in [2.45, 2.75) is 45.9 Å². The molecule has 0 aliphatic heterocycles. The van der Waals surface area contributed by atoms with Crippen LogP contribution in [0.4, 0.5) is 8.78 Å². The molecule has 9 heteroatoms. The highest BCUT2D eigenvalue weighted by atomic mass is 19.3. The number of hydrogen-bond donors (Lipinski definition) is 1. The number of rotatable bonds is 8. The van der Waals surface area contributed by atoms with Gasteiger partial charge in [0.05, 0.1) is 32.0 Å². The van der Waals surface area contributed by atoms with E-state index in [9.17, 15) is 18.7 Å². The van der Waals surface area contributed by atoms with E-state index in [2.05, 4.69) is 15.0 Å². The van der Waals surface area contributed by atoms with Gasteiger partial charge in [0.1, 0.15) is 5.69 Å². The predicted molar refractivity (Wildman–Crippen MR) is 68.0 cm³/mol. The zero-order valence-electron chi connectivity index (χ0n) is 12.1. The van der Waals surface area contributed by atoms with Crippen molar-refractivity contribution in [3.63, 3.8) is 0 Å². The van der Waals surface area contributed by atoms with Crippen LogP contribution in [0.15, 0.2) is 0 Å². The van der Waals surface area contributed by atoms with Gasteiger partial charge in [-0.2, -0.15) is 0 Å². The van der Waals surface area contributed by atoms with Crippen LogP contribution in [-0.4, -0.2) is 51.5 Å². The highest BCUT2D eigenvalue weighted by Crippen LogP contribution is 2.22. The van der Waals surface area contributed by atoms with Crippen LogP contribution in [0.3, 0.4) is 0 Å². The highest BCUT2D eigenvalue weighted by molar-refractivity contribution is 5.88. The van der Waals surface area contributed by atoms with Crippen LogP contribution in [0, 0.1) is 0 Å². The molecule has 1 aromatic rings. The molecule has 1 N–H and O–H groups in total. The van der Waals surface area contributed by atoms with Crippen LogP contribution in [-0.2, 0) is 16.0 Å². The fourth-order valence-corrected chi connectivity index (χ4v) is 1.57. The van der Waals surface area contributed by atoms with Gasteiger partial charge in [-0.3, -0.25) is 0 Å². The maximum atomic E-state index is 13.1. The number of halogens is 2. The average molecular weight is 307 g/mol. The van der Waals surface area contributed by atoms with Gasteiger partial charge in [-0.15, -0.1) is 5.10 Å². The lowest BCUT2D eigenvalue weighted by Crippen LogP contribution is -2.25. The molecule has 1 aromatic heterocycles. The number of esters is 1. The molecule has 0 amide bonds. The van der Waals surface area contributed by atoms with E-state index < -0.39 is 29.9 Å². The monoisotopic (exact) mass is 307 g/mol. The van der Waals surface area contributed by atoms with Gasteiger partial charge in [-0.25, -0.2) is 18.3 Å². The third-order valence-corrected chi connectivity index (χ3v) is 2.45. The number of aliphatic hydroxyl groups excluding tert-OH is 1. The Morgan fingerprint density at radius 1 is 1.43 bits per heavy atom. The van der Waals surface area contributed by atoms with Crippen LogP contribution in [0.5, 0.6) is 0 Å². The molecule has 1 atom stereocenters. The number of aliphatic hydroxyl groups is 1. The summed E-state index contributed by atoms with van der Waals surface area (Å²) in [6.45, 7) is 4.88. The first-order valence-corrected chi connectivity index (χ1v) is 6.55. The summed E-state index contributed by atoms with van der Waals surface area (Å²) in [7, 11) is 0.